The zero-order valence-corrected chi connectivity index (χ0v) is 12.9. The molecule has 1 heterocycles. The van der Waals surface area contributed by atoms with E-state index >= 15 is 0 Å². The maximum absolute atomic E-state index is 12.1. The molecular formula is C14H14BrNOS. The van der Waals surface area contributed by atoms with E-state index in [1.54, 1.807) is 0 Å². The second kappa shape index (κ2) is 5.24. The van der Waals surface area contributed by atoms with Gasteiger partial charge >= 0.3 is 0 Å². The van der Waals surface area contributed by atoms with E-state index in [9.17, 15) is 4.79 Å². The Labute approximate surface area is 119 Å². The molecule has 4 heteroatoms. The summed E-state index contributed by atoms with van der Waals surface area (Å²) >= 11 is 4.98. The fraction of sp³-hybridized carbons (Fsp3) is 0.214. The number of benzene rings is 1. The van der Waals surface area contributed by atoms with Crippen molar-refractivity contribution >= 4 is 38.9 Å². The first kappa shape index (κ1) is 13.3. The lowest BCUT2D eigenvalue weighted by Crippen LogP contribution is -2.10. The van der Waals surface area contributed by atoms with Crippen LogP contribution in [-0.4, -0.2) is 5.91 Å². The fourth-order valence-electron chi connectivity index (χ4n) is 1.59. The second-order valence-corrected chi connectivity index (χ2v) is 6.40. The lowest BCUT2D eigenvalue weighted by molar-refractivity contribution is 0.103. The van der Waals surface area contributed by atoms with Crippen molar-refractivity contribution in [1.29, 1.82) is 0 Å². The fourth-order valence-corrected chi connectivity index (χ4v) is 3.11. The van der Waals surface area contributed by atoms with E-state index in [0.717, 1.165) is 26.2 Å². The molecule has 2 aromatic rings. The molecule has 2 rings (SSSR count). The van der Waals surface area contributed by atoms with Gasteiger partial charge in [0.05, 0.1) is 10.6 Å². The van der Waals surface area contributed by atoms with Crippen molar-refractivity contribution in [2.45, 2.75) is 20.8 Å². The Balaban J connectivity index is 2.21. The van der Waals surface area contributed by atoms with E-state index < -0.39 is 0 Å². The highest BCUT2D eigenvalue weighted by atomic mass is 79.9. The highest BCUT2D eigenvalue weighted by Gasteiger charge is 2.12. The summed E-state index contributed by atoms with van der Waals surface area (Å²) in [5.74, 6) is -0.0549. The highest BCUT2D eigenvalue weighted by molar-refractivity contribution is 9.10. The summed E-state index contributed by atoms with van der Waals surface area (Å²) in [6.45, 7) is 6.06. The van der Waals surface area contributed by atoms with Crippen LogP contribution in [-0.2, 0) is 0 Å². The Kier molecular flexibility index (Phi) is 3.88. The first-order valence-corrected chi connectivity index (χ1v) is 7.23. The number of aryl methyl sites for hydroxylation is 3. The Hall–Kier alpha value is -1.13. The number of nitrogens with one attached hydrogen (secondary N) is 1. The third-order valence-corrected chi connectivity index (χ3v) is 4.57. The molecule has 0 aliphatic heterocycles. The number of rotatable bonds is 2. The van der Waals surface area contributed by atoms with E-state index in [1.165, 1.54) is 16.2 Å². The molecule has 0 spiro atoms. The number of hydrogen-bond acceptors (Lipinski definition) is 2. The quantitative estimate of drug-likeness (QED) is 0.853. The smallest absolute Gasteiger partial charge is 0.265 e. The molecule has 0 fully saturated rings. The summed E-state index contributed by atoms with van der Waals surface area (Å²) < 4.78 is 0.904. The molecule has 0 aliphatic rings. The molecule has 0 saturated carbocycles. The van der Waals surface area contributed by atoms with Crippen molar-refractivity contribution in [2.24, 2.45) is 0 Å². The van der Waals surface area contributed by atoms with Crippen LogP contribution in [0.1, 0.15) is 25.7 Å². The summed E-state index contributed by atoms with van der Waals surface area (Å²) in [5.41, 5.74) is 3.12. The van der Waals surface area contributed by atoms with Gasteiger partial charge in [0.2, 0.25) is 0 Å². The molecule has 1 aromatic heterocycles. The standard InChI is InChI=1S/C14H14BrNOS/c1-8-4-5-12(11(15)6-8)16-14(17)13-7-9(2)10(3)18-13/h4-7H,1-3H3,(H,16,17). The normalized spacial score (nSPS) is 10.4. The highest BCUT2D eigenvalue weighted by Crippen LogP contribution is 2.26. The molecule has 0 atom stereocenters. The van der Waals surface area contributed by atoms with E-state index in [4.69, 9.17) is 0 Å². The Morgan fingerprint density at radius 1 is 1.22 bits per heavy atom. The second-order valence-electron chi connectivity index (χ2n) is 4.29. The summed E-state index contributed by atoms with van der Waals surface area (Å²) in [5, 5.41) is 2.92. The molecule has 0 bridgehead atoms. The molecule has 94 valence electrons. The summed E-state index contributed by atoms with van der Waals surface area (Å²) in [7, 11) is 0. The molecule has 0 unspecified atom stereocenters. The summed E-state index contributed by atoms with van der Waals surface area (Å²) in [6, 6.07) is 7.80. The van der Waals surface area contributed by atoms with E-state index in [1.807, 2.05) is 45.0 Å². The van der Waals surface area contributed by atoms with Gasteiger partial charge in [-0.2, -0.15) is 0 Å². The first-order valence-electron chi connectivity index (χ1n) is 5.62. The van der Waals surface area contributed by atoms with Crippen molar-refractivity contribution < 1.29 is 4.79 Å². The van der Waals surface area contributed by atoms with Gasteiger partial charge in [-0.1, -0.05) is 6.07 Å². The van der Waals surface area contributed by atoms with Crippen molar-refractivity contribution in [3.63, 3.8) is 0 Å². The molecule has 0 radical (unpaired) electrons. The zero-order chi connectivity index (χ0) is 13.3. The van der Waals surface area contributed by atoms with Crippen molar-refractivity contribution in [3.05, 3.63) is 49.6 Å². The predicted octanol–water partition coefficient (Wildman–Crippen LogP) is 4.69. The van der Waals surface area contributed by atoms with Crippen LogP contribution in [0.15, 0.2) is 28.7 Å². The van der Waals surface area contributed by atoms with Crippen LogP contribution in [0.5, 0.6) is 0 Å². The van der Waals surface area contributed by atoms with Gasteiger partial charge < -0.3 is 5.32 Å². The maximum Gasteiger partial charge on any atom is 0.265 e. The SMILES string of the molecule is Cc1ccc(NC(=O)c2cc(C)c(C)s2)c(Br)c1. The number of amides is 1. The van der Waals surface area contributed by atoms with Gasteiger partial charge in [0.25, 0.3) is 5.91 Å². The largest absolute Gasteiger partial charge is 0.320 e. The number of halogens is 1. The van der Waals surface area contributed by atoms with Crippen LogP contribution < -0.4 is 5.32 Å². The molecular weight excluding hydrogens is 310 g/mol. The topological polar surface area (TPSA) is 29.1 Å². The molecule has 0 aliphatic carbocycles. The van der Waals surface area contributed by atoms with Gasteiger partial charge in [-0.15, -0.1) is 11.3 Å². The van der Waals surface area contributed by atoms with Crippen LogP contribution in [0.2, 0.25) is 0 Å². The van der Waals surface area contributed by atoms with Crippen LogP contribution in [0.3, 0.4) is 0 Å². The minimum Gasteiger partial charge on any atom is -0.320 e. The van der Waals surface area contributed by atoms with E-state index in [0.29, 0.717) is 0 Å². The predicted molar refractivity (Wildman–Crippen MR) is 80.6 cm³/mol. The summed E-state index contributed by atoms with van der Waals surface area (Å²) in [6.07, 6.45) is 0. The number of carbonyl (C=O) groups excluding carboxylic acids is 1. The van der Waals surface area contributed by atoms with E-state index in [2.05, 4.69) is 21.2 Å². The van der Waals surface area contributed by atoms with Gasteiger partial charge in [0.15, 0.2) is 0 Å². The van der Waals surface area contributed by atoms with Crippen LogP contribution in [0.4, 0.5) is 5.69 Å². The zero-order valence-electron chi connectivity index (χ0n) is 10.5. The van der Waals surface area contributed by atoms with Gasteiger partial charge in [-0.05, 0) is 66.0 Å². The molecule has 2 nitrogen and oxygen atoms in total. The van der Waals surface area contributed by atoms with Crippen molar-refractivity contribution in [1.82, 2.24) is 0 Å². The van der Waals surface area contributed by atoms with Gasteiger partial charge in [0.1, 0.15) is 0 Å². The minimum atomic E-state index is -0.0549. The molecule has 1 N–H and O–H groups in total. The maximum atomic E-state index is 12.1. The molecule has 18 heavy (non-hydrogen) atoms. The Morgan fingerprint density at radius 3 is 2.50 bits per heavy atom. The van der Waals surface area contributed by atoms with Crippen LogP contribution >= 0.6 is 27.3 Å². The van der Waals surface area contributed by atoms with Crippen molar-refractivity contribution in [3.8, 4) is 0 Å². The molecule has 0 saturated heterocycles. The van der Waals surface area contributed by atoms with Gasteiger partial charge in [-0.25, -0.2) is 0 Å². The number of carbonyl (C=O) groups is 1. The van der Waals surface area contributed by atoms with Crippen LogP contribution in [0, 0.1) is 20.8 Å². The third kappa shape index (κ3) is 2.82. The van der Waals surface area contributed by atoms with Crippen LogP contribution in [0.25, 0.3) is 0 Å². The van der Waals surface area contributed by atoms with Crippen molar-refractivity contribution in [2.75, 3.05) is 5.32 Å². The average molecular weight is 324 g/mol. The lowest BCUT2D eigenvalue weighted by atomic mass is 10.2. The van der Waals surface area contributed by atoms with Gasteiger partial charge in [0, 0.05) is 9.35 Å². The van der Waals surface area contributed by atoms with E-state index in [-0.39, 0.29) is 5.91 Å². The monoisotopic (exact) mass is 323 g/mol. The third-order valence-electron chi connectivity index (χ3n) is 2.76. The Bertz CT molecular complexity index is 584. The minimum absolute atomic E-state index is 0.0549. The number of thiophene rings is 1. The lowest BCUT2D eigenvalue weighted by Gasteiger charge is -2.06. The van der Waals surface area contributed by atoms with Gasteiger partial charge in [-0.3, -0.25) is 4.79 Å². The number of hydrogen-bond donors (Lipinski definition) is 1. The Morgan fingerprint density at radius 2 is 1.94 bits per heavy atom. The summed E-state index contributed by atoms with van der Waals surface area (Å²) in [4.78, 5) is 14.0. The molecule has 1 amide bonds. The average Bonchev–Trinajstić information content (AvgIpc) is 2.63. The number of anilines is 1. The molecule has 1 aromatic carbocycles. The first-order chi connectivity index (χ1) is 8.47.